The molecule has 5 heteroatoms. The lowest BCUT2D eigenvalue weighted by molar-refractivity contribution is -0.116. The predicted molar refractivity (Wildman–Crippen MR) is 100 cm³/mol. The van der Waals surface area contributed by atoms with Gasteiger partial charge in [0, 0.05) is 23.5 Å². The van der Waals surface area contributed by atoms with Gasteiger partial charge in [0.25, 0.3) is 0 Å². The van der Waals surface area contributed by atoms with E-state index in [2.05, 4.69) is 17.6 Å². The van der Waals surface area contributed by atoms with Crippen LogP contribution in [0.15, 0.2) is 48.5 Å². The van der Waals surface area contributed by atoms with Gasteiger partial charge in [0.1, 0.15) is 0 Å². The first-order valence-corrected chi connectivity index (χ1v) is 8.56. The average Bonchev–Trinajstić information content (AvgIpc) is 2.62. The molecule has 0 spiro atoms. The van der Waals surface area contributed by atoms with E-state index in [4.69, 9.17) is 4.74 Å². The van der Waals surface area contributed by atoms with Crippen molar-refractivity contribution in [3.05, 3.63) is 54.1 Å². The normalized spacial score (nSPS) is 10.2. The standard InChI is InChI=1S/C20H24N2O3/c1-3-5-6-19(23)22-18-13-11-17(12-14-18)21-16-9-7-15(8-10-16)20(24)25-4-2/h7-14,21H,3-6H2,1-2H3,(H,22,23). The summed E-state index contributed by atoms with van der Waals surface area (Å²) >= 11 is 0. The number of carbonyl (C=O) groups excluding carboxylic acids is 2. The fourth-order valence-corrected chi connectivity index (χ4v) is 2.27. The molecule has 2 N–H and O–H groups in total. The second-order valence-corrected chi connectivity index (χ2v) is 5.65. The quantitative estimate of drug-likeness (QED) is 0.681. The summed E-state index contributed by atoms with van der Waals surface area (Å²) < 4.78 is 4.96. The van der Waals surface area contributed by atoms with Gasteiger partial charge in [-0.15, -0.1) is 0 Å². The molecule has 25 heavy (non-hydrogen) atoms. The van der Waals surface area contributed by atoms with Gasteiger partial charge in [-0.1, -0.05) is 13.3 Å². The number of rotatable bonds is 8. The number of unbranched alkanes of at least 4 members (excludes halogenated alkanes) is 1. The van der Waals surface area contributed by atoms with Crippen molar-refractivity contribution in [3.63, 3.8) is 0 Å². The Balaban J connectivity index is 1.92. The van der Waals surface area contributed by atoms with Crippen LogP contribution in [0.1, 0.15) is 43.5 Å². The molecule has 0 aromatic heterocycles. The van der Waals surface area contributed by atoms with E-state index in [0.717, 1.165) is 29.9 Å². The molecule has 0 saturated carbocycles. The zero-order chi connectivity index (χ0) is 18.1. The molecular formula is C20H24N2O3. The zero-order valence-corrected chi connectivity index (χ0v) is 14.7. The lowest BCUT2D eigenvalue weighted by atomic mass is 10.2. The van der Waals surface area contributed by atoms with Crippen molar-refractivity contribution in [2.45, 2.75) is 33.1 Å². The molecule has 0 aliphatic heterocycles. The number of hydrogen-bond acceptors (Lipinski definition) is 4. The van der Waals surface area contributed by atoms with Crippen molar-refractivity contribution in [2.75, 3.05) is 17.2 Å². The van der Waals surface area contributed by atoms with Gasteiger partial charge in [0.15, 0.2) is 0 Å². The van der Waals surface area contributed by atoms with Gasteiger partial charge in [-0.2, -0.15) is 0 Å². The molecule has 0 radical (unpaired) electrons. The number of anilines is 3. The first-order valence-electron chi connectivity index (χ1n) is 8.56. The summed E-state index contributed by atoms with van der Waals surface area (Å²) in [6.07, 6.45) is 2.45. The van der Waals surface area contributed by atoms with Gasteiger partial charge in [-0.25, -0.2) is 4.79 Å². The number of ether oxygens (including phenoxy) is 1. The predicted octanol–water partition coefficient (Wildman–Crippen LogP) is 4.74. The van der Waals surface area contributed by atoms with Crippen LogP contribution in [0.3, 0.4) is 0 Å². The Bertz CT molecular complexity index is 694. The van der Waals surface area contributed by atoms with Gasteiger partial charge in [-0.3, -0.25) is 4.79 Å². The minimum Gasteiger partial charge on any atom is -0.462 e. The number of benzene rings is 2. The average molecular weight is 340 g/mol. The number of amides is 1. The Kier molecular flexibility index (Phi) is 7.01. The molecule has 5 nitrogen and oxygen atoms in total. The molecule has 0 saturated heterocycles. The van der Waals surface area contributed by atoms with E-state index in [-0.39, 0.29) is 11.9 Å². The maximum Gasteiger partial charge on any atom is 0.338 e. The zero-order valence-electron chi connectivity index (χ0n) is 14.7. The minimum atomic E-state index is -0.322. The molecule has 0 aliphatic rings. The molecule has 0 aliphatic carbocycles. The molecule has 2 rings (SSSR count). The summed E-state index contributed by atoms with van der Waals surface area (Å²) in [5.74, 6) is -0.283. The van der Waals surface area contributed by atoms with Gasteiger partial charge in [-0.05, 0) is 61.9 Å². The Morgan fingerprint density at radius 1 is 0.880 bits per heavy atom. The molecular weight excluding hydrogens is 316 g/mol. The first kappa shape index (κ1) is 18.5. The van der Waals surface area contributed by atoms with Crippen LogP contribution in [0.25, 0.3) is 0 Å². The van der Waals surface area contributed by atoms with Gasteiger partial charge < -0.3 is 15.4 Å². The van der Waals surface area contributed by atoms with Crippen molar-refractivity contribution in [2.24, 2.45) is 0 Å². The van der Waals surface area contributed by atoms with E-state index in [1.807, 2.05) is 36.4 Å². The highest BCUT2D eigenvalue weighted by molar-refractivity contribution is 5.91. The monoisotopic (exact) mass is 340 g/mol. The van der Waals surface area contributed by atoms with E-state index in [1.165, 1.54) is 0 Å². The van der Waals surface area contributed by atoms with Gasteiger partial charge >= 0.3 is 5.97 Å². The number of nitrogens with one attached hydrogen (secondary N) is 2. The van der Waals surface area contributed by atoms with Crippen LogP contribution in [0.4, 0.5) is 17.1 Å². The highest BCUT2D eigenvalue weighted by Crippen LogP contribution is 2.20. The SMILES string of the molecule is CCCCC(=O)Nc1ccc(Nc2ccc(C(=O)OCC)cc2)cc1. The summed E-state index contributed by atoms with van der Waals surface area (Å²) in [5.41, 5.74) is 3.07. The molecule has 2 aromatic carbocycles. The fraction of sp³-hybridized carbons (Fsp3) is 0.300. The van der Waals surface area contributed by atoms with Crippen LogP contribution in [-0.2, 0) is 9.53 Å². The van der Waals surface area contributed by atoms with E-state index >= 15 is 0 Å². The van der Waals surface area contributed by atoms with Crippen LogP contribution in [-0.4, -0.2) is 18.5 Å². The molecule has 1 amide bonds. The largest absolute Gasteiger partial charge is 0.462 e. The van der Waals surface area contributed by atoms with Crippen LogP contribution >= 0.6 is 0 Å². The molecule has 2 aromatic rings. The van der Waals surface area contributed by atoms with Gasteiger partial charge in [0.05, 0.1) is 12.2 Å². The van der Waals surface area contributed by atoms with Crippen LogP contribution in [0, 0.1) is 0 Å². The summed E-state index contributed by atoms with van der Waals surface area (Å²) in [6.45, 7) is 4.21. The number of carbonyl (C=O) groups is 2. The van der Waals surface area contributed by atoms with E-state index in [9.17, 15) is 9.59 Å². The fourth-order valence-electron chi connectivity index (χ4n) is 2.27. The van der Waals surface area contributed by atoms with Crippen molar-refractivity contribution in [1.29, 1.82) is 0 Å². The summed E-state index contributed by atoms with van der Waals surface area (Å²) in [5, 5.41) is 6.13. The van der Waals surface area contributed by atoms with Crippen molar-refractivity contribution in [1.82, 2.24) is 0 Å². The molecule has 132 valence electrons. The third kappa shape index (κ3) is 5.95. The van der Waals surface area contributed by atoms with Crippen molar-refractivity contribution < 1.29 is 14.3 Å². The Labute approximate surface area is 148 Å². The second-order valence-electron chi connectivity index (χ2n) is 5.65. The highest BCUT2D eigenvalue weighted by Gasteiger charge is 2.06. The minimum absolute atomic E-state index is 0.0390. The topological polar surface area (TPSA) is 67.4 Å². The summed E-state index contributed by atoms with van der Waals surface area (Å²) in [6, 6.07) is 14.6. The third-order valence-corrected chi connectivity index (χ3v) is 3.61. The highest BCUT2D eigenvalue weighted by atomic mass is 16.5. The van der Waals surface area contributed by atoms with Crippen molar-refractivity contribution in [3.8, 4) is 0 Å². The first-order chi connectivity index (χ1) is 12.1. The molecule has 0 heterocycles. The van der Waals surface area contributed by atoms with Crippen molar-refractivity contribution >= 4 is 28.9 Å². The lowest BCUT2D eigenvalue weighted by Gasteiger charge is -2.09. The molecule has 0 fully saturated rings. The van der Waals surface area contributed by atoms with Crippen LogP contribution in [0.2, 0.25) is 0 Å². The Morgan fingerprint density at radius 3 is 2.00 bits per heavy atom. The van der Waals surface area contributed by atoms with Gasteiger partial charge in [0.2, 0.25) is 5.91 Å². The maximum absolute atomic E-state index is 11.7. The molecule has 0 unspecified atom stereocenters. The Hall–Kier alpha value is -2.82. The number of hydrogen-bond donors (Lipinski definition) is 2. The summed E-state index contributed by atoms with van der Waals surface area (Å²) in [7, 11) is 0. The molecule has 0 atom stereocenters. The van der Waals surface area contributed by atoms with E-state index in [1.54, 1.807) is 19.1 Å². The second kappa shape index (κ2) is 9.47. The smallest absolute Gasteiger partial charge is 0.338 e. The lowest BCUT2D eigenvalue weighted by Crippen LogP contribution is -2.10. The number of esters is 1. The van der Waals surface area contributed by atoms with Crippen LogP contribution < -0.4 is 10.6 Å². The van der Waals surface area contributed by atoms with E-state index in [0.29, 0.717) is 18.6 Å². The summed E-state index contributed by atoms with van der Waals surface area (Å²) in [4.78, 5) is 23.3. The molecule has 0 bridgehead atoms. The van der Waals surface area contributed by atoms with E-state index < -0.39 is 0 Å². The Morgan fingerprint density at radius 2 is 1.44 bits per heavy atom. The third-order valence-electron chi connectivity index (χ3n) is 3.61. The maximum atomic E-state index is 11.7. The van der Waals surface area contributed by atoms with Crippen LogP contribution in [0.5, 0.6) is 0 Å².